The van der Waals surface area contributed by atoms with Gasteiger partial charge in [-0.3, -0.25) is 15.0 Å². The van der Waals surface area contributed by atoms with Crippen LogP contribution in [0.2, 0.25) is 0 Å². The van der Waals surface area contributed by atoms with Gasteiger partial charge in [0.05, 0.1) is 22.9 Å². The predicted octanol–water partition coefficient (Wildman–Crippen LogP) is -0.507. The van der Waals surface area contributed by atoms with Crippen molar-refractivity contribution >= 4 is 17.1 Å². The number of fused-ring (bicyclic) bond motifs is 1. The number of nitro benzene ring substituents is 1. The second-order valence-electron chi connectivity index (χ2n) is 4.92. The van der Waals surface area contributed by atoms with Gasteiger partial charge in [0, 0.05) is 25.2 Å². The Kier molecular flexibility index (Phi) is 4.58. The van der Waals surface area contributed by atoms with Crippen LogP contribution < -0.4 is 10.6 Å². The number of nitro groups is 1. The van der Waals surface area contributed by atoms with Crippen molar-refractivity contribution in [1.29, 1.82) is 0 Å². The Morgan fingerprint density at radius 3 is 2.62 bits per heavy atom. The van der Waals surface area contributed by atoms with Crippen molar-refractivity contribution in [2.45, 2.75) is 19.0 Å². The highest BCUT2D eigenvalue weighted by Gasteiger charge is 2.28. The second kappa shape index (κ2) is 6.22. The number of nitrogens with zero attached hydrogens (tertiary/aromatic N) is 2. The number of hydrogen-bond acceptors (Lipinski definition) is 8. The molecule has 0 fully saturated rings. The van der Waals surface area contributed by atoms with Crippen LogP contribution in [0.3, 0.4) is 0 Å². The van der Waals surface area contributed by atoms with E-state index in [9.17, 15) is 20.3 Å². The summed E-state index contributed by atoms with van der Waals surface area (Å²) in [6.07, 6.45) is -2.46. The fourth-order valence-electron chi connectivity index (χ4n) is 2.21. The van der Waals surface area contributed by atoms with Gasteiger partial charge < -0.3 is 26.0 Å². The molecule has 0 saturated carbocycles. The number of anilines is 2. The van der Waals surface area contributed by atoms with Crippen LogP contribution in [-0.4, -0.2) is 57.8 Å². The summed E-state index contributed by atoms with van der Waals surface area (Å²) < 4.78 is 0. The minimum absolute atomic E-state index is 0.0271. The Labute approximate surface area is 121 Å². The molecule has 21 heavy (non-hydrogen) atoms. The van der Waals surface area contributed by atoms with Crippen LogP contribution in [0.15, 0.2) is 12.1 Å². The Balaban J connectivity index is 2.39. The molecule has 1 aliphatic rings. The summed E-state index contributed by atoms with van der Waals surface area (Å²) in [5.74, 6) is 0. The molecule has 0 aromatic heterocycles. The number of aliphatic hydroxyl groups excluding tert-OH is 3. The van der Waals surface area contributed by atoms with E-state index >= 15 is 0 Å². The lowest BCUT2D eigenvalue weighted by Crippen LogP contribution is -2.43. The molecule has 1 aromatic rings. The highest BCUT2D eigenvalue weighted by molar-refractivity contribution is 5.78. The third-order valence-electron chi connectivity index (χ3n) is 3.23. The van der Waals surface area contributed by atoms with Crippen LogP contribution in [0.25, 0.3) is 0 Å². The van der Waals surface area contributed by atoms with Gasteiger partial charge in [0.2, 0.25) is 0 Å². The highest BCUT2D eigenvalue weighted by Crippen LogP contribution is 2.35. The maximum Gasteiger partial charge on any atom is 0.271 e. The zero-order valence-corrected chi connectivity index (χ0v) is 11.5. The quantitative estimate of drug-likeness (QED) is 0.363. The van der Waals surface area contributed by atoms with E-state index in [1.54, 1.807) is 11.9 Å². The number of hydrogen-bond donors (Lipinski definition) is 5. The SMILES string of the molecule is CN(CCO)Cc1cc([N+](=O)[O-])cc2c1NC(O)C(O)N2. The number of nitrogens with one attached hydrogen (secondary N) is 2. The summed E-state index contributed by atoms with van der Waals surface area (Å²) in [5, 5.41) is 44.5. The summed E-state index contributed by atoms with van der Waals surface area (Å²) in [6, 6.07) is 2.71. The van der Waals surface area contributed by atoms with Crippen molar-refractivity contribution < 1.29 is 20.2 Å². The van der Waals surface area contributed by atoms with Gasteiger partial charge in [0.1, 0.15) is 0 Å². The third kappa shape index (κ3) is 3.39. The number of benzene rings is 1. The average Bonchev–Trinajstić information content (AvgIpc) is 2.40. The summed E-state index contributed by atoms with van der Waals surface area (Å²) in [7, 11) is 1.77. The van der Waals surface area contributed by atoms with Gasteiger partial charge >= 0.3 is 0 Å². The minimum Gasteiger partial charge on any atom is -0.395 e. The summed E-state index contributed by atoms with van der Waals surface area (Å²) in [6.45, 7) is 0.735. The predicted molar refractivity (Wildman–Crippen MR) is 75.8 cm³/mol. The summed E-state index contributed by atoms with van der Waals surface area (Å²) in [4.78, 5) is 12.3. The molecule has 2 rings (SSSR count). The van der Waals surface area contributed by atoms with Gasteiger partial charge in [-0.2, -0.15) is 0 Å². The monoisotopic (exact) mass is 298 g/mol. The zero-order valence-electron chi connectivity index (χ0n) is 11.5. The van der Waals surface area contributed by atoms with Gasteiger partial charge in [-0.05, 0) is 12.6 Å². The van der Waals surface area contributed by atoms with Crippen molar-refractivity contribution in [2.24, 2.45) is 0 Å². The topological polar surface area (TPSA) is 131 Å². The summed E-state index contributed by atoms with van der Waals surface area (Å²) in [5.41, 5.74) is 1.34. The normalized spacial score (nSPS) is 20.6. The smallest absolute Gasteiger partial charge is 0.271 e. The number of rotatable bonds is 5. The molecule has 9 nitrogen and oxygen atoms in total. The largest absolute Gasteiger partial charge is 0.395 e. The van der Waals surface area contributed by atoms with Crippen molar-refractivity contribution in [1.82, 2.24) is 4.90 Å². The Hall–Kier alpha value is -1.94. The molecular formula is C12H18N4O5. The number of likely N-dealkylation sites (N-methyl/N-ethyl adjacent to an activating group) is 1. The first-order chi connectivity index (χ1) is 9.92. The molecule has 0 spiro atoms. The molecule has 1 heterocycles. The molecule has 116 valence electrons. The summed E-state index contributed by atoms with van der Waals surface area (Å²) >= 11 is 0. The lowest BCUT2D eigenvalue weighted by molar-refractivity contribution is -0.384. The van der Waals surface area contributed by atoms with E-state index in [0.29, 0.717) is 30.0 Å². The minimum atomic E-state index is -1.25. The molecule has 2 unspecified atom stereocenters. The third-order valence-corrected chi connectivity index (χ3v) is 3.23. The van der Waals surface area contributed by atoms with Crippen LogP contribution in [0.4, 0.5) is 17.1 Å². The van der Waals surface area contributed by atoms with Crippen molar-refractivity contribution in [2.75, 3.05) is 30.8 Å². The van der Waals surface area contributed by atoms with E-state index in [-0.39, 0.29) is 12.3 Å². The molecule has 0 aliphatic carbocycles. The van der Waals surface area contributed by atoms with E-state index in [1.807, 2.05) is 0 Å². The molecule has 2 atom stereocenters. The maximum absolute atomic E-state index is 11.0. The zero-order chi connectivity index (χ0) is 15.6. The van der Waals surface area contributed by atoms with E-state index in [0.717, 1.165) is 0 Å². The van der Waals surface area contributed by atoms with Gasteiger partial charge in [-0.25, -0.2) is 0 Å². The van der Waals surface area contributed by atoms with Crippen LogP contribution in [0, 0.1) is 10.1 Å². The van der Waals surface area contributed by atoms with Gasteiger partial charge in [-0.1, -0.05) is 0 Å². The van der Waals surface area contributed by atoms with Crippen LogP contribution >= 0.6 is 0 Å². The van der Waals surface area contributed by atoms with Gasteiger partial charge in [-0.15, -0.1) is 0 Å². The van der Waals surface area contributed by atoms with Crippen LogP contribution in [0.5, 0.6) is 0 Å². The number of aliphatic hydroxyl groups is 3. The molecule has 0 amide bonds. The molecule has 0 bridgehead atoms. The van der Waals surface area contributed by atoms with Crippen molar-refractivity contribution in [3.05, 3.63) is 27.8 Å². The van der Waals surface area contributed by atoms with E-state index in [1.165, 1.54) is 12.1 Å². The van der Waals surface area contributed by atoms with E-state index in [4.69, 9.17) is 5.11 Å². The Morgan fingerprint density at radius 2 is 2.00 bits per heavy atom. The second-order valence-corrected chi connectivity index (χ2v) is 4.92. The molecule has 1 aromatic carbocycles. The molecule has 0 radical (unpaired) electrons. The fraction of sp³-hybridized carbons (Fsp3) is 0.500. The maximum atomic E-state index is 11.0. The Bertz CT molecular complexity index is 539. The standard InChI is InChI=1S/C12H18N4O5/c1-15(2-3-17)6-7-4-8(16(20)21)5-9-10(7)14-12(19)11(18)13-9/h4-5,11-14,17-19H,2-3,6H2,1H3. The van der Waals surface area contributed by atoms with E-state index in [2.05, 4.69) is 10.6 Å². The molecule has 9 heteroatoms. The van der Waals surface area contributed by atoms with E-state index < -0.39 is 17.4 Å². The first kappa shape index (κ1) is 15.4. The van der Waals surface area contributed by atoms with Gasteiger partial charge in [0.25, 0.3) is 5.69 Å². The first-order valence-corrected chi connectivity index (χ1v) is 6.42. The molecule has 1 aliphatic heterocycles. The number of non-ortho nitro benzene ring substituents is 1. The van der Waals surface area contributed by atoms with Crippen molar-refractivity contribution in [3.8, 4) is 0 Å². The molecule has 5 N–H and O–H groups in total. The Morgan fingerprint density at radius 1 is 1.33 bits per heavy atom. The fourth-order valence-corrected chi connectivity index (χ4v) is 2.21. The van der Waals surface area contributed by atoms with Gasteiger partial charge in [0.15, 0.2) is 12.5 Å². The molecular weight excluding hydrogens is 280 g/mol. The lowest BCUT2D eigenvalue weighted by Gasteiger charge is -2.31. The molecule has 0 saturated heterocycles. The first-order valence-electron chi connectivity index (χ1n) is 6.42. The van der Waals surface area contributed by atoms with Crippen molar-refractivity contribution in [3.63, 3.8) is 0 Å². The highest BCUT2D eigenvalue weighted by atomic mass is 16.6. The van der Waals surface area contributed by atoms with Crippen LogP contribution in [-0.2, 0) is 6.54 Å². The average molecular weight is 298 g/mol. The lowest BCUT2D eigenvalue weighted by atomic mass is 10.1. The van der Waals surface area contributed by atoms with Crippen LogP contribution in [0.1, 0.15) is 5.56 Å².